The van der Waals surface area contributed by atoms with E-state index in [1.54, 1.807) is 6.20 Å². The van der Waals surface area contributed by atoms with E-state index >= 15 is 0 Å². The Bertz CT molecular complexity index is 482. The molecule has 0 fully saturated rings. The highest BCUT2D eigenvalue weighted by Gasteiger charge is 2.26. The average Bonchev–Trinajstić information content (AvgIpc) is 2.29. The Morgan fingerprint density at radius 2 is 1.65 bits per heavy atom. The summed E-state index contributed by atoms with van der Waals surface area (Å²) in [7, 11) is 0. The van der Waals surface area contributed by atoms with Gasteiger partial charge in [0.05, 0.1) is 5.54 Å². The number of hydrogen-bond acceptors (Lipinski definition) is 2. The molecule has 1 aromatic heterocycles. The Morgan fingerprint density at radius 3 is 2.29 bits per heavy atom. The second-order valence-corrected chi connectivity index (χ2v) is 4.71. The fourth-order valence-electron chi connectivity index (χ4n) is 2.31. The molecule has 2 heteroatoms. The lowest BCUT2D eigenvalue weighted by Crippen LogP contribution is -2.36. The molecule has 1 unspecified atom stereocenters. The summed E-state index contributed by atoms with van der Waals surface area (Å²) < 4.78 is 0. The van der Waals surface area contributed by atoms with Crippen molar-refractivity contribution in [1.29, 1.82) is 0 Å². The lowest BCUT2D eigenvalue weighted by molar-refractivity contribution is 0.592. The molecule has 0 aliphatic rings. The number of nitrogens with two attached hydrogens (primary N) is 1. The zero-order valence-electron chi connectivity index (χ0n) is 10.6. The van der Waals surface area contributed by atoms with Crippen LogP contribution < -0.4 is 5.73 Å². The molecular weight excluding hydrogens is 208 g/mol. The third-order valence-electron chi connectivity index (χ3n) is 3.30. The number of hydrogen-bond donors (Lipinski definition) is 1. The van der Waals surface area contributed by atoms with Gasteiger partial charge in [-0.05, 0) is 49.1 Å². The smallest absolute Gasteiger partial charge is 0.0657 e. The quantitative estimate of drug-likeness (QED) is 0.855. The van der Waals surface area contributed by atoms with Gasteiger partial charge in [-0.25, -0.2) is 0 Å². The van der Waals surface area contributed by atoms with Crippen LogP contribution in [0, 0.1) is 13.8 Å². The van der Waals surface area contributed by atoms with E-state index in [4.69, 9.17) is 5.73 Å². The minimum Gasteiger partial charge on any atom is -0.318 e. The van der Waals surface area contributed by atoms with Crippen molar-refractivity contribution in [2.24, 2.45) is 5.73 Å². The molecule has 88 valence electrons. The van der Waals surface area contributed by atoms with Crippen molar-refractivity contribution < 1.29 is 0 Å². The first-order chi connectivity index (χ1) is 8.03. The topological polar surface area (TPSA) is 38.9 Å². The highest BCUT2D eigenvalue weighted by atomic mass is 14.8. The van der Waals surface area contributed by atoms with E-state index in [1.807, 2.05) is 31.3 Å². The minimum absolute atomic E-state index is 0.496. The molecular formula is C15H18N2. The molecule has 2 nitrogen and oxygen atoms in total. The predicted molar refractivity (Wildman–Crippen MR) is 70.8 cm³/mol. The largest absolute Gasteiger partial charge is 0.318 e. The fraction of sp³-hybridized carbons (Fsp3) is 0.267. The van der Waals surface area contributed by atoms with Crippen LogP contribution in [0.25, 0.3) is 0 Å². The lowest BCUT2D eigenvalue weighted by Gasteiger charge is -2.28. The van der Waals surface area contributed by atoms with Crippen molar-refractivity contribution in [1.82, 2.24) is 4.98 Å². The van der Waals surface area contributed by atoms with Gasteiger partial charge >= 0.3 is 0 Å². The van der Waals surface area contributed by atoms with Crippen molar-refractivity contribution in [3.05, 3.63) is 65.0 Å². The Labute approximate surface area is 103 Å². The summed E-state index contributed by atoms with van der Waals surface area (Å²) in [6, 6.07) is 10.2. The average molecular weight is 226 g/mol. The maximum absolute atomic E-state index is 6.52. The second-order valence-electron chi connectivity index (χ2n) is 4.71. The van der Waals surface area contributed by atoms with Crippen LogP contribution in [0.2, 0.25) is 0 Å². The summed E-state index contributed by atoms with van der Waals surface area (Å²) in [4.78, 5) is 4.19. The Kier molecular flexibility index (Phi) is 2.99. The molecule has 0 amide bonds. The van der Waals surface area contributed by atoms with Gasteiger partial charge in [0.1, 0.15) is 0 Å². The van der Waals surface area contributed by atoms with Crippen molar-refractivity contribution >= 4 is 0 Å². The standard InChI is InChI=1S/C15H18N2/c1-11-6-4-5-7-13(11)15(3,16)14-10-17-9-8-12(14)2/h4-10H,16H2,1-3H3. The van der Waals surface area contributed by atoms with Crippen molar-refractivity contribution in [3.8, 4) is 0 Å². The lowest BCUT2D eigenvalue weighted by atomic mass is 9.82. The van der Waals surface area contributed by atoms with Gasteiger partial charge in [-0.1, -0.05) is 24.3 Å². The van der Waals surface area contributed by atoms with Gasteiger partial charge in [-0.3, -0.25) is 4.98 Å². The fourth-order valence-corrected chi connectivity index (χ4v) is 2.31. The Morgan fingerprint density at radius 1 is 1.00 bits per heavy atom. The van der Waals surface area contributed by atoms with E-state index in [9.17, 15) is 0 Å². The summed E-state index contributed by atoms with van der Waals surface area (Å²) in [6.45, 7) is 6.20. The van der Waals surface area contributed by atoms with Crippen molar-refractivity contribution in [2.75, 3.05) is 0 Å². The Balaban J connectivity index is 2.58. The van der Waals surface area contributed by atoms with Crippen LogP contribution in [0.15, 0.2) is 42.7 Å². The molecule has 0 saturated carbocycles. The number of rotatable bonds is 2. The van der Waals surface area contributed by atoms with E-state index in [1.165, 1.54) is 11.1 Å². The highest BCUT2D eigenvalue weighted by molar-refractivity contribution is 5.43. The van der Waals surface area contributed by atoms with Gasteiger partial charge in [0, 0.05) is 12.4 Å². The van der Waals surface area contributed by atoms with E-state index < -0.39 is 5.54 Å². The molecule has 1 atom stereocenters. The molecule has 0 radical (unpaired) electrons. The molecule has 1 aromatic carbocycles. The van der Waals surface area contributed by atoms with Crippen LogP contribution in [0.1, 0.15) is 29.2 Å². The van der Waals surface area contributed by atoms with Crippen molar-refractivity contribution in [3.63, 3.8) is 0 Å². The van der Waals surface area contributed by atoms with Crippen LogP contribution in [-0.2, 0) is 5.54 Å². The number of nitrogens with zero attached hydrogens (tertiary/aromatic N) is 1. The zero-order chi connectivity index (χ0) is 12.5. The molecule has 0 saturated heterocycles. The van der Waals surface area contributed by atoms with Crippen LogP contribution in [-0.4, -0.2) is 4.98 Å². The first kappa shape index (κ1) is 11.8. The third kappa shape index (κ3) is 2.08. The van der Waals surface area contributed by atoms with E-state index in [2.05, 4.69) is 31.0 Å². The predicted octanol–water partition coefficient (Wildman–Crippen LogP) is 2.92. The molecule has 0 bridgehead atoms. The third-order valence-corrected chi connectivity index (χ3v) is 3.30. The number of benzene rings is 1. The molecule has 0 spiro atoms. The van der Waals surface area contributed by atoms with E-state index in [0.717, 1.165) is 11.1 Å². The maximum atomic E-state index is 6.52. The van der Waals surface area contributed by atoms with Crippen LogP contribution >= 0.6 is 0 Å². The summed E-state index contributed by atoms with van der Waals surface area (Å²) in [5.74, 6) is 0. The molecule has 2 rings (SSSR count). The molecule has 0 aliphatic heterocycles. The SMILES string of the molecule is Cc1ccccc1C(C)(N)c1cnccc1C. The summed E-state index contributed by atoms with van der Waals surface area (Å²) in [5.41, 5.74) is 10.6. The van der Waals surface area contributed by atoms with Crippen LogP contribution in [0.3, 0.4) is 0 Å². The summed E-state index contributed by atoms with van der Waals surface area (Å²) in [6.07, 6.45) is 3.66. The Hall–Kier alpha value is -1.67. The van der Waals surface area contributed by atoms with Crippen LogP contribution in [0.5, 0.6) is 0 Å². The normalized spacial score (nSPS) is 14.4. The molecule has 1 heterocycles. The van der Waals surface area contributed by atoms with Crippen LogP contribution in [0.4, 0.5) is 0 Å². The minimum atomic E-state index is -0.496. The van der Waals surface area contributed by atoms with Gasteiger partial charge in [-0.2, -0.15) is 0 Å². The van der Waals surface area contributed by atoms with Gasteiger partial charge in [0.25, 0.3) is 0 Å². The number of pyridine rings is 1. The first-order valence-corrected chi connectivity index (χ1v) is 5.79. The maximum Gasteiger partial charge on any atom is 0.0657 e. The molecule has 0 aliphatic carbocycles. The zero-order valence-corrected chi connectivity index (χ0v) is 10.6. The van der Waals surface area contributed by atoms with Gasteiger partial charge < -0.3 is 5.73 Å². The van der Waals surface area contributed by atoms with Gasteiger partial charge in [0.15, 0.2) is 0 Å². The van der Waals surface area contributed by atoms with E-state index in [0.29, 0.717) is 0 Å². The number of aryl methyl sites for hydroxylation is 2. The molecule has 2 N–H and O–H groups in total. The first-order valence-electron chi connectivity index (χ1n) is 5.79. The summed E-state index contributed by atoms with van der Waals surface area (Å²) >= 11 is 0. The molecule has 2 aromatic rings. The van der Waals surface area contributed by atoms with Crippen molar-refractivity contribution in [2.45, 2.75) is 26.3 Å². The number of aromatic nitrogens is 1. The summed E-state index contributed by atoms with van der Waals surface area (Å²) in [5, 5.41) is 0. The highest BCUT2D eigenvalue weighted by Crippen LogP contribution is 2.30. The van der Waals surface area contributed by atoms with E-state index in [-0.39, 0.29) is 0 Å². The molecule has 17 heavy (non-hydrogen) atoms. The monoisotopic (exact) mass is 226 g/mol. The second kappa shape index (κ2) is 4.30. The van der Waals surface area contributed by atoms with Gasteiger partial charge in [0.2, 0.25) is 0 Å². The van der Waals surface area contributed by atoms with Gasteiger partial charge in [-0.15, -0.1) is 0 Å².